The van der Waals surface area contributed by atoms with E-state index in [0.29, 0.717) is 12.3 Å². The Kier molecular flexibility index (Phi) is 7.57. The Bertz CT molecular complexity index is 949. The monoisotopic (exact) mass is 444 g/mol. The van der Waals surface area contributed by atoms with Crippen molar-refractivity contribution in [2.24, 2.45) is 5.92 Å². The molecule has 2 aromatic carbocycles. The molecule has 1 N–H and O–H groups in total. The van der Waals surface area contributed by atoms with Crippen LogP contribution in [0.15, 0.2) is 47.4 Å². The molecule has 0 fully saturated rings. The molecule has 0 aliphatic carbocycles. The number of hydrogen-bond donors (Lipinski definition) is 1. The Balaban J connectivity index is 2.54. The summed E-state index contributed by atoms with van der Waals surface area (Å²) >= 11 is 12.1. The summed E-state index contributed by atoms with van der Waals surface area (Å²) in [5.41, 5.74) is 0.223. The van der Waals surface area contributed by atoms with E-state index in [0.717, 1.165) is 4.31 Å². The van der Waals surface area contributed by atoms with Crippen LogP contribution in [0.4, 0.5) is 5.69 Å². The first-order valence-corrected chi connectivity index (χ1v) is 10.7. The lowest BCUT2D eigenvalue weighted by atomic mass is 10.2. The summed E-state index contributed by atoms with van der Waals surface area (Å²) in [5, 5.41) is 2.95. The molecule has 2 rings (SSSR count). The molecule has 0 radical (unpaired) electrons. The van der Waals surface area contributed by atoms with Crippen molar-refractivity contribution in [3.05, 3.63) is 52.5 Å². The molecule has 0 unspecified atom stereocenters. The van der Waals surface area contributed by atoms with Crippen molar-refractivity contribution in [2.75, 3.05) is 24.5 Å². The molecular weight excluding hydrogens is 423 g/mol. The van der Waals surface area contributed by atoms with Crippen LogP contribution in [0.5, 0.6) is 5.75 Å². The van der Waals surface area contributed by atoms with E-state index in [2.05, 4.69) is 5.32 Å². The zero-order chi connectivity index (χ0) is 20.9. The molecule has 0 spiro atoms. The lowest BCUT2D eigenvalue weighted by Crippen LogP contribution is -2.42. The van der Waals surface area contributed by atoms with Gasteiger partial charge in [-0.3, -0.25) is 9.10 Å². The maximum Gasteiger partial charge on any atom is 0.266 e. The SMILES string of the molecule is COc1ccccc1N(CC(=O)NCC(C)C)S(=O)(=O)c1cc(Cl)ccc1Cl. The molecule has 0 atom stereocenters. The van der Waals surface area contributed by atoms with Crippen molar-refractivity contribution in [3.8, 4) is 5.75 Å². The fourth-order valence-corrected chi connectivity index (χ4v) is 4.60. The number of nitrogens with one attached hydrogen (secondary N) is 1. The minimum Gasteiger partial charge on any atom is -0.495 e. The zero-order valence-electron chi connectivity index (χ0n) is 15.8. The number of halogens is 2. The second kappa shape index (κ2) is 9.49. The molecule has 0 aliphatic rings. The predicted molar refractivity (Wildman–Crippen MR) is 112 cm³/mol. The predicted octanol–water partition coefficient (Wildman–Crippen LogP) is 3.97. The van der Waals surface area contributed by atoms with Crippen LogP contribution in [0.1, 0.15) is 13.8 Å². The molecule has 0 aliphatic heterocycles. The van der Waals surface area contributed by atoms with Gasteiger partial charge in [-0.1, -0.05) is 49.2 Å². The Labute approximate surface area is 175 Å². The van der Waals surface area contributed by atoms with Crippen molar-refractivity contribution in [2.45, 2.75) is 18.7 Å². The number of methoxy groups -OCH3 is 1. The van der Waals surface area contributed by atoms with Gasteiger partial charge < -0.3 is 10.1 Å². The second-order valence-corrected chi connectivity index (χ2v) is 9.13. The number of para-hydroxylation sites is 2. The van der Waals surface area contributed by atoms with Gasteiger partial charge in [-0.2, -0.15) is 0 Å². The van der Waals surface area contributed by atoms with Crippen LogP contribution in [-0.2, 0) is 14.8 Å². The lowest BCUT2D eigenvalue weighted by Gasteiger charge is -2.26. The van der Waals surface area contributed by atoms with Crippen LogP contribution < -0.4 is 14.4 Å². The number of sulfonamides is 1. The van der Waals surface area contributed by atoms with Crippen molar-refractivity contribution >= 4 is 44.8 Å². The number of carbonyl (C=O) groups excluding carboxylic acids is 1. The Morgan fingerprint density at radius 1 is 1.18 bits per heavy atom. The highest BCUT2D eigenvalue weighted by Crippen LogP contribution is 2.35. The van der Waals surface area contributed by atoms with E-state index in [1.54, 1.807) is 24.3 Å². The molecule has 0 bridgehead atoms. The third-order valence-corrected chi connectivity index (χ3v) is 6.29. The minimum absolute atomic E-state index is 0.00638. The summed E-state index contributed by atoms with van der Waals surface area (Å²) in [6, 6.07) is 10.7. The van der Waals surface area contributed by atoms with Crippen molar-refractivity contribution < 1.29 is 17.9 Å². The number of amides is 1. The summed E-state index contributed by atoms with van der Waals surface area (Å²) in [6.07, 6.45) is 0. The van der Waals surface area contributed by atoms with E-state index in [9.17, 15) is 13.2 Å². The lowest BCUT2D eigenvalue weighted by molar-refractivity contribution is -0.119. The van der Waals surface area contributed by atoms with Crippen LogP contribution in [0.25, 0.3) is 0 Å². The smallest absolute Gasteiger partial charge is 0.266 e. The molecule has 0 aromatic heterocycles. The molecule has 0 heterocycles. The van der Waals surface area contributed by atoms with Gasteiger partial charge in [0, 0.05) is 11.6 Å². The Hall–Kier alpha value is -1.96. The summed E-state index contributed by atoms with van der Waals surface area (Å²) in [5.74, 6) is 0.0878. The molecule has 0 saturated carbocycles. The fraction of sp³-hybridized carbons (Fsp3) is 0.316. The first-order valence-electron chi connectivity index (χ1n) is 8.54. The number of rotatable bonds is 8. The molecule has 6 nitrogen and oxygen atoms in total. The van der Waals surface area contributed by atoms with E-state index in [4.69, 9.17) is 27.9 Å². The van der Waals surface area contributed by atoms with Crippen LogP contribution >= 0.6 is 23.2 Å². The van der Waals surface area contributed by atoms with Gasteiger partial charge in [-0.15, -0.1) is 0 Å². The summed E-state index contributed by atoms with van der Waals surface area (Å²) < 4.78 is 33.1. The number of nitrogens with zero attached hydrogens (tertiary/aromatic N) is 1. The standard InChI is InChI=1S/C19H22Cl2N2O4S/c1-13(2)11-22-19(24)12-23(16-6-4-5-7-17(16)27-3)28(25,26)18-10-14(20)8-9-15(18)21/h4-10,13H,11-12H2,1-3H3,(H,22,24). The number of hydrogen-bond acceptors (Lipinski definition) is 4. The number of carbonyl (C=O) groups is 1. The highest BCUT2D eigenvalue weighted by Gasteiger charge is 2.31. The average molecular weight is 445 g/mol. The normalized spacial score (nSPS) is 11.4. The topological polar surface area (TPSA) is 75.7 Å². The Morgan fingerprint density at radius 3 is 2.50 bits per heavy atom. The number of anilines is 1. The third kappa shape index (κ3) is 5.31. The third-order valence-electron chi connectivity index (χ3n) is 3.81. The van der Waals surface area contributed by atoms with E-state index in [1.807, 2.05) is 13.8 Å². The van der Waals surface area contributed by atoms with E-state index in [1.165, 1.54) is 25.3 Å². The zero-order valence-corrected chi connectivity index (χ0v) is 18.1. The van der Waals surface area contributed by atoms with Gasteiger partial charge in [0.25, 0.3) is 10.0 Å². The van der Waals surface area contributed by atoms with Gasteiger partial charge >= 0.3 is 0 Å². The maximum absolute atomic E-state index is 13.4. The van der Waals surface area contributed by atoms with Gasteiger partial charge in [-0.05, 0) is 36.2 Å². The van der Waals surface area contributed by atoms with Crippen molar-refractivity contribution in [3.63, 3.8) is 0 Å². The molecule has 1 amide bonds. The van der Waals surface area contributed by atoms with Crippen LogP contribution in [-0.4, -0.2) is 34.5 Å². The largest absolute Gasteiger partial charge is 0.495 e. The molecule has 152 valence electrons. The van der Waals surface area contributed by atoms with Gasteiger partial charge in [-0.25, -0.2) is 8.42 Å². The molecule has 9 heteroatoms. The number of benzene rings is 2. The highest BCUT2D eigenvalue weighted by atomic mass is 35.5. The van der Waals surface area contributed by atoms with Crippen LogP contribution in [0, 0.1) is 5.92 Å². The number of ether oxygens (including phenoxy) is 1. The van der Waals surface area contributed by atoms with Gasteiger partial charge in [0.1, 0.15) is 17.2 Å². The fourth-order valence-electron chi connectivity index (χ4n) is 2.43. The summed E-state index contributed by atoms with van der Waals surface area (Å²) in [4.78, 5) is 12.3. The first kappa shape index (κ1) is 22.3. The van der Waals surface area contributed by atoms with Gasteiger partial charge in [0.05, 0.1) is 17.8 Å². The van der Waals surface area contributed by atoms with E-state index >= 15 is 0 Å². The van der Waals surface area contributed by atoms with Gasteiger partial charge in [0.15, 0.2) is 0 Å². The average Bonchev–Trinajstić information content (AvgIpc) is 2.66. The van der Waals surface area contributed by atoms with Crippen LogP contribution in [0.3, 0.4) is 0 Å². The minimum atomic E-state index is -4.20. The van der Waals surface area contributed by atoms with Crippen LogP contribution in [0.2, 0.25) is 10.0 Å². The van der Waals surface area contributed by atoms with Crippen molar-refractivity contribution in [1.82, 2.24) is 5.32 Å². The van der Waals surface area contributed by atoms with E-state index < -0.39 is 22.5 Å². The highest BCUT2D eigenvalue weighted by molar-refractivity contribution is 7.93. The van der Waals surface area contributed by atoms with Crippen molar-refractivity contribution in [1.29, 1.82) is 0 Å². The second-order valence-electron chi connectivity index (χ2n) is 6.46. The maximum atomic E-state index is 13.4. The Morgan fingerprint density at radius 2 is 1.86 bits per heavy atom. The molecule has 2 aromatic rings. The van der Waals surface area contributed by atoms with E-state index in [-0.39, 0.29) is 26.5 Å². The molecular formula is C19H22Cl2N2O4S. The van der Waals surface area contributed by atoms with Gasteiger partial charge in [0.2, 0.25) is 5.91 Å². The molecule has 0 saturated heterocycles. The first-order chi connectivity index (χ1) is 13.2. The molecule has 28 heavy (non-hydrogen) atoms. The summed E-state index contributed by atoms with van der Waals surface area (Å²) in [7, 11) is -2.77. The summed E-state index contributed by atoms with van der Waals surface area (Å²) in [6.45, 7) is 3.89. The quantitative estimate of drug-likeness (QED) is 0.667.